The molecule has 0 aliphatic rings. The summed E-state index contributed by atoms with van der Waals surface area (Å²) in [6.07, 6.45) is 1.88. The lowest BCUT2D eigenvalue weighted by Crippen LogP contribution is -2.04. The topological polar surface area (TPSA) is 9.23 Å². The highest BCUT2D eigenvalue weighted by molar-refractivity contribution is 9.09. The first-order valence-electron chi connectivity index (χ1n) is 7.20. The summed E-state index contributed by atoms with van der Waals surface area (Å²) in [7, 11) is 1.57. The summed E-state index contributed by atoms with van der Waals surface area (Å²) in [5.74, 6) is 0.320. The fourth-order valence-electron chi connectivity index (χ4n) is 2.52. The molecule has 0 fully saturated rings. The molecule has 2 aromatic rings. The van der Waals surface area contributed by atoms with Crippen LogP contribution >= 0.6 is 15.9 Å². The lowest BCUT2D eigenvalue weighted by atomic mass is 9.94. The van der Waals surface area contributed by atoms with Gasteiger partial charge in [0.15, 0.2) is 0 Å². The van der Waals surface area contributed by atoms with Crippen LogP contribution in [0.2, 0.25) is 0 Å². The number of hydrogen-bond acceptors (Lipinski definition) is 1. The second-order valence-electron chi connectivity index (χ2n) is 4.96. The molecule has 1 atom stereocenters. The minimum absolute atomic E-state index is 0.213. The molecule has 0 aromatic heterocycles. The van der Waals surface area contributed by atoms with Crippen molar-refractivity contribution >= 4 is 15.9 Å². The molecule has 21 heavy (non-hydrogen) atoms. The summed E-state index contributed by atoms with van der Waals surface area (Å²) >= 11 is 3.67. The van der Waals surface area contributed by atoms with Crippen molar-refractivity contribution in [2.75, 3.05) is 7.11 Å². The van der Waals surface area contributed by atoms with Gasteiger partial charge in [-0.3, -0.25) is 0 Å². The third-order valence-electron chi connectivity index (χ3n) is 3.76. The van der Waals surface area contributed by atoms with E-state index in [4.69, 9.17) is 4.74 Å². The van der Waals surface area contributed by atoms with Gasteiger partial charge < -0.3 is 4.74 Å². The standard InChI is InChI=1S/C18H20BrFO/c1-4-12-9-10-13(5-2)14(11-12)18(19)17-15(20)7-6-8-16(17)21-3/h6-11,18H,4-5H2,1-3H3. The third-order valence-corrected chi connectivity index (χ3v) is 4.71. The molecule has 112 valence electrons. The van der Waals surface area contributed by atoms with Crippen molar-refractivity contribution in [2.45, 2.75) is 31.5 Å². The highest BCUT2D eigenvalue weighted by Gasteiger charge is 2.21. The molecule has 1 nitrogen and oxygen atoms in total. The number of halogens is 2. The van der Waals surface area contributed by atoms with Crippen LogP contribution in [0.5, 0.6) is 5.75 Å². The number of aryl methyl sites for hydroxylation is 2. The molecule has 3 heteroatoms. The Balaban J connectivity index is 2.56. The van der Waals surface area contributed by atoms with E-state index < -0.39 is 0 Å². The summed E-state index contributed by atoms with van der Waals surface area (Å²) in [6, 6.07) is 11.4. The molecule has 0 aliphatic carbocycles. The summed E-state index contributed by atoms with van der Waals surface area (Å²) in [5.41, 5.74) is 4.14. The van der Waals surface area contributed by atoms with E-state index in [1.807, 2.05) is 0 Å². The predicted octanol–water partition coefficient (Wildman–Crippen LogP) is 5.44. The van der Waals surface area contributed by atoms with Crippen LogP contribution in [-0.4, -0.2) is 7.11 Å². The van der Waals surface area contributed by atoms with Gasteiger partial charge >= 0.3 is 0 Å². The number of alkyl halides is 1. The number of ether oxygens (including phenoxy) is 1. The molecule has 1 unspecified atom stereocenters. The second kappa shape index (κ2) is 7.08. The first-order valence-corrected chi connectivity index (χ1v) is 8.12. The third kappa shape index (κ3) is 3.29. The van der Waals surface area contributed by atoms with E-state index in [2.05, 4.69) is 48.0 Å². The molecule has 0 aliphatic heterocycles. The Morgan fingerprint density at radius 2 is 1.90 bits per heavy atom. The van der Waals surface area contributed by atoms with Crippen molar-refractivity contribution < 1.29 is 9.13 Å². The Morgan fingerprint density at radius 1 is 1.14 bits per heavy atom. The van der Waals surface area contributed by atoms with Crippen molar-refractivity contribution in [1.82, 2.24) is 0 Å². The van der Waals surface area contributed by atoms with Gasteiger partial charge in [0.2, 0.25) is 0 Å². The van der Waals surface area contributed by atoms with Crippen molar-refractivity contribution in [3.05, 3.63) is 64.5 Å². The maximum atomic E-state index is 14.3. The molecule has 0 heterocycles. The number of benzene rings is 2. The maximum absolute atomic E-state index is 14.3. The van der Waals surface area contributed by atoms with Crippen molar-refractivity contribution in [2.24, 2.45) is 0 Å². The second-order valence-corrected chi connectivity index (χ2v) is 5.87. The highest BCUT2D eigenvalue weighted by Crippen LogP contribution is 2.40. The zero-order valence-electron chi connectivity index (χ0n) is 12.6. The molecule has 0 amide bonds. The first kappa shape index (κ1) is 16.0. The van der Waals surface area contributed by atoms with Crippen LogP contribution in [0.1, 0.15) is 40.9 Å². The van der Waals surface area contributed by atoms with Gasteiger partial charge in [-0.25, -0.2) is 4.39 Å². The van der Waals surface area contributed by atoms with E-state index in [0.717, 1.165) is 18.4 Å². The van der Waals surface area contributed by atoms with Gasteiger partial charge in [0.1, 0.15) is 11.6 Å². The van der Waals surface area contributed by atoms with Gasteiger partial charge in [0.25, 0.3) is 0 Å². The molecule has 0 saturated carbocycles. The normalized spacial score (nSPS) is 12.2. The molecule has 0 radical (unpaired) electrons. The Bertz CT molecular complexity index is 625. The molecular weight excluding hydrogens is 331 g/mol. The molecule has 0 bridgehead atoms. The van der Waals surface area contributed by atoms with Gasteiger partial charge in [-0.2, -0.15) is 0 Å². The Morgan fingerprint density at radius 3 is 2.52 bits per heavy atom. The molecule has 0 saturated heterocycles. The zero-order chi connectivity index (χ0) is 15.4. The minimum Gasteiger partial charge on any atom is -0.496 e. The maximum Gasteiger partial charge on any atom is 0.131 e. The van der Waals surface area contributed by atoms with Crippen LogP contribution in [0.3, 0.4) is 0 Å². The summed E-state index contributed by atoms with van der Waals surface area (Å²) < 4.78 is 19.6. The van der Waals surface area contributed by atoms with Crippen LogP contribution in [0, 0.1) is 5.82 Å². The van der Waals surface area contributed by atoms with E-state index in [9.17, 15) is 4.39 Å². The average molecular weight is 351 g/mol. The summed E-state index contributed by atoms with van der Waals surface area (Å²) in [6.45, 7) is 4.24. The van der Waals surface area contributed by atoms with Crippen molar-refractivity contribution in [3.63, 3.8) is 0 Å². The molecule has 2 rings (SSSR count). The Hall–Kier alpha value is -1.35. The largest absolute Gasteiger partial charge is 0.496 e. The lowest BCUT2D eigenvalue weighted by molar-refractivity contribution is 0.405. The SMILES string of the molecule is CCc1ccc(CC)c(C(Br)c2c(F)cccc2OC)c1. The Kier molecular flexibility index (Phi) is 5.40. The van der Waals surface area contributed by atoms with Gasteiger partial charge in [-0.05, 0) is 41.7 Å². The minimum atomic E-state index is -0.250. The van der Waals surface area contributed by atoms with E-state index in [1.165, 1.54) is 17.2 Å². The van der Waals surface area contributed by atoms with E-state index >= 15 is 0 Å². The average Bonchev–Trinajstić information content (AvgIpc) is 2.53. The van der Waals surface area contributed by atoms with Crippen LogP contribution in [-0.2, 0) is 12.8 Å². The van der Waals surface area contributed by atoms with Gasteiger partial charge in [0, 0.05) is 5.56 Å². The lowest BCUT2D eigenvalue weighted by Gasteiger charge is -2.19. The monoisotopic (exact) mass is 350 g/mol. The molecular formula is C18H20BrFO. The fraction of sp³-hybridized carbons (Fsp3) is 0.333. The van der Waals surface area contributed by atoms with Gasteiger partial charge in [-0.15, -0.1) is 0 Å². The van der Waals surface area contributed by atoms with Gasteiger partial charge in [0.05, 0.1) is 11.9 Å². The van der Waals surface area contributed by atoms with E-state index in [0.29, 0.717) is 11.3 Å². The fourth-order valence-corrected chi connectivity index (χ4v) is 3.39. The van der Waals surface area contributed by atoms with E-state index in [-0.39, 0.29) is 10.6 Å². The smallest absolute Gasteiger partial charge is 0.131 e. The van der Waals surface area contributed by atoms with Crippen molar-refractivity contribution in [1.29, 1.82) is 0 Å². The number of hydrogen-bond donors (Lipinski definition) is 0. The summed E-state index contributed by atoms with van der Waals surface area (Å²) in [5, 5.41) is 0. The summed E-state index contributed by atoms with van der Waals surface area (Å²) in [4.78, 5) is -0.213. The van der Waals surface area contributed by atoms with E-state index in [1.54, 1.807) is 19.2 Å². The number of methoxy groups -OCH3 is 1. The molecule has 0 spiro atoms. The zero-order valence-corrected chi connectivity index (χ0v) is 14.2. The molecule has 2 aromatic carbocycles. The van der Waals surface area contributed by atoms with Crippen LogP contribution in [0.4, 0.5) is 4.39 Å². The predicted molar refractivity (Wildman–Crippen MR) is 88.9 cm³/mol. The highest BCUT2D eigenvalue weighted by atomic mass is 79.9. The van der Waals surface area contributed by atoms with Crippen molar-refractivity contribution in [3.8, 4) is 5.75 Å². The Labute approximate surface area is 134 Å². The quantitative estimate of drug-likeness (QED) is 0.652. The van der Waals surface area contributed by atoms with Crippen LogP contribution < -0.4 is 4.74 Å². The number of rotatable bonds is 5. The first-order chi connectivity index (χ1) is 10.1. The van der Waals surface area contributed by atoms with Crippen LogP contribution in [0.25, 0.3) is 0 Å². The van der Waals surface area contributed by atoms with Gasteiger partial charge in [-0.1, -0.05) is 54.0 Å². The molecule has 0 N–H and O–H groups in total. The van der Waals surface area contributed by atoms with Crippen LogP contribution in [0.15, 0.2) is 36.4 Å².